The van der Waals surface area contributed by atoms with Gasteiger partial charge >= 0.3 is 5.97 Å². The van der Waals surface area contributed by atoms with Crippen LogP contribution in [0.1, 0.15) is 10.5 Å². The van der Waals surface area contributed by atoms with Gasteiger partial charge in [-0.1, -0.05) is 5.21 Å². The SMILES string of the molecule is COC(=O)c1c(Br)nnn1C. The molecule has 5 nitrogen and oxygen atoms in total. The van der Waals surface area contributed by atoms with Gasteiger partial charge in [-0.25, -0.2) is 9.48 Å². The van der Waals surface area contributed by atoms with Crippen LogP contribution in [0.4, 0.5) is 0 Å². The molecule has 0 radical (unpaired) electrons. The van der Waals surface area contributed by atoms with Gasteiger partial charge in [0.15, 0.2) is 10.3 Å². The van der Waals surface area contributed by atoms with E-state index in [1.165, 1.54) is 11.8 Å². The summed E-state index contributed by atoms with van der Waals surface area (Å²) in [7, 11) is 2.92. The van der Waals surface area contributed by atoms with Gasteiger partial charge in [0, 0.05) is 7.05 Å². The van der Waals surface area contributed by atoms with E-state index in [-0.39, 0.29) is 0 Å². The molecule has 0 aliphatic rings. The molecule has 0 unspecified atom stereocenters. The Balaban J connectivity index is 3.10. The fourth-order valence-electron chi connectivity index (χ4n) is 0.645. The fraction of sp³-hybridized carbons (Fsp3) is 0.400. The highest BCUT2D eigenvalue weighted by Gasteiger charge is 2.16. The van der Waals surface area contributed by atoms with E-state index in [1.807, 2.05) is 0 Å². The second-order valence-corrected chi connectivity index (χ2v) is 2.60. The number of carbonyl (C=O) groups excluding carboxylic acids is 1. The molecule has 0 aliphatic heterocycles. The van der Waals surface area contributed by atoms with Crippen molar-refractivity contribution in [3.05, 3.63) is 10.3 Å². The average Bonchev–Trinajstić information content (AvgIpc) is 2.30. The largest absolute Gasteiger partial charge is 0.464 e. The van der Waals surface area contributed by atoms with Gasteiger partial charge in [-0.05, 0) is 15.9 Å². The van der Waals surface area contributed by atoms with Crippen molar-refractivity contribution >= 4 is 21.9 Å². The van der Waals surface area contributed by atoms with Crippen molar-refractivity contribution in [1.29, 1.82) is 0 Å². The molecule has 0 fully saturated rings. The molecule has 0 N–H and O–H groups in total. The Hall–Kier alpha value is -0.910. The number of hydrogen-bond donors (Lipinski definition) is 0. The molecule has 0 saturated heterocycles. The first-order chi connectivity index (χ1) is 5.16. The highest BCUT2D eigenvalue weighted by Crippen LogP contribution is 2.11. The summed E-state index contributed by atoms with van der Waals surface area (Å²) in [6.45, 7) is 0. The van der Waals surface area contributed by atoms with Crippen LogP contribution in [0.15, 0.2) is 4.60 Å². The molecule has 0 saturated carbocycles. The number of halogens is 1. The zero-order valence-corrected chi connectivity index (χ0v) is 7.62. The standard InChI is InChI=1S/C5H6BrN3O2/c1-9-3(5(10)11-2)4(6)7-8-9/h1-2H3. The topological polar surface area (TPSA) is 57.0 Å². The molecule has 0 amide bonds. The lowest BCUT2D eigenvalue weighted by Gasteiger charge is -1.96. The third kappa shape index (κ3) is 1.40. The van der Waals surface area contributed by atoms with Crippen molar-refractivity contribution < 1.29 is 9.53 Å². The summed E-state index contributed by atoms with van der Waals surface area (Å²) in [6, 6.07) is 0. The van der Waals surface area contributed by atoms with Gasteiger partial charge in [0.25, 0.3) is 0 Å². The third-order valence-corrected chi connectivity index (χ3v) is 1.70. The number of aromatic nitrogens is 3. The van der Waals surface area contributed by atoms with Crippen LogP contribution < -0.4 is 0 Å². The Kier molecular flexibility index (Phi) is 2.23. The summed E-state index contributed by atoms with van der Waals surface area (Å²) < 4.78 is 6.22. The first-order valence-electron chi connectivity index (χ1n) is 2.80. The van der Waals surface area contributed by atoms with Gasteiger partial charge in [-0.15, -0.1) is 5.10 Å². The van der Waals surface area contributed by atoms with Crippen LogP contribution in [-0.4, -0.2) is 28.1 Å². The van der Waals surface area contributed by atoms with E-state index in [0.717, 1.165) is 0 Å². The smallest absolute Gasteiger partial charge is 0.359 e. The second kappa shape index (κ2) is 3.00. The van der Waals surface area contributed by atoms with Crippen molar-refractivity contribution in [2.45, 2.75) is 0 Å². The molecule has 6 heteroatoms. The lowest BCUT2D eigenvalue weighted by molar-refractivity contribution is 0.0587. The van der Waals surface area contributed by atoms with Gasteiger partial charge in [0.1, 0.15) is 0 Å². The van der Waals surface area contributed by atoms with Gasteiger partial charge in [-0.2, -0.15) is 0 Å². The minimum absolute atomic E-state index is 0.313. The Morgan fingerprint density at radius 2 is 2.36 bits per heavy atom. The predicted octanol–water partition coefficient (Wildman–Crippen LogP) is 0.364. The molecule has 1 rings (SSSR count). The van der Waals surface area contributed by atoms with Gasteiger partial charge < -0.3 is 4.74 Å². The molecule has 60 valence electrons. The quantitative estimate of drug-likeness (QED) is 0.641. The Bertz CT molecular complexity index is 264. The summed E-state index contributed by atoms with van der Waals surface area (Å²) in [5.41, 5.74) is 0.313. The number of carbonyl (C=O) groups is 1. The number of aryl methyl sites for hydroxylation is 1. The van der Waals surface area contributed by atoms with Crippen molar-refractivity contribution in [3.63, 3.8) is 0 Å². The Morgan fingerprint density at radius 3 is 2.73 bits per heavy atom. The molecular formula is C5H6BrN3O2. The number of rotatable bonds is 1. The van der Waals surface area contributed by atoms with Gasteiger partial charge in [0.05, 0.1) is 7.11 Å². The summed E-state index contributed by atoms with van der Waals surface area (Å²) in [4.78, 5) is 11.0. The van der Waals surface area contributed by atoms with E-state index in [0.29, 0.717) is 10.3 Å². The van der Waals surface area contributed by atoms with Crippen LogP contribution in [0, 0.1) is 0 Å². The molecular weight excluding hydrogens is 214 g/mol. The molecule has 0 spiro atoms. The van der Waals surface area contributed by atoms with Gasteiger partial charge in [-0.3, -0.25) is 0 Å². The number of nitrogens with zero attached hydrogens (tertiary/aromatic N) is 3. The maximum atomic E-state index is 11.0. The fourth-order valence-corrected chi connectivity index (χ4v) is 1.13. The zero-order chi connectivity index (χ0) is 8.43. The highest BCUT2D eigenvalue weighted by atomic mass is 79.9. The van der Waals surface area contributed by atoms with E-state index in [4.69, 9.17) is 0 Å². The third-order valence-electron chi connectivity index (χ3n) is 1.16. The highest BCUT2D eigenvalue weighted by molar-refractivity contribution is 9.10. The first kappa shape index (κ1) is 8.19. The van der Waals surface area contributed by atoms with Crippen LogP contribution in [0.3, 0.4) is 0 Å². The van der Waals surface area contributed by atoms with Crippen LogP contribution >= 0.6 is 15.9 Å². The maximum Gasteiger partial charge on any atom is 0.359 e. The molecule has 1 aromatic rings. The van der Waals surface area contributed by atoms with Crippen molar-refractivity contribution in [2.75, 3.05) is 7.11 Å². The maximum absolute atomic E-state index is 11.0. The molecule has 0 bridgehead atoms. The zero-order valence-electron chi connectivity index (χ0n) is 6.04. The van der Waals surface area contributed by atoms with Crippen LogP contribution in [-0.2, 0) is 11.8 Å². The lowest BCUT2D eigenvalue weighted by Crippen LogP contribution is -2.08. The van der Waals surface area contributed by atoms with Crippen molar-refractivity contribution in [1.82, 2.24) is 15.0 Å². The number of hydrogen-bond acceptors (Lipinski definition) is 4. The minimum Gasteiger partial charge on any atom is -0.464 e. The Morgan fingerprint density at radius 1 is 1.73 bits per heavy atom. The second-order valence-electron chi connectivity index (χ2n) is 1.84. The normalized spacial score (nSPS) is 9.73. The van der Waals surface area contributed by atoms with Gasteiger partial charge in [0.2, 0.25) is 0 Å². The molecule has 11 heavy (non-hydrogen) atoms. The van der Waals surface area contributed by atoms with E-state index < -0.39 is 5.97 Å². The summed E-state index contributed by atoms with van der Waals surface area (Å²) in [5, 5.41) is 7.22. The van der Waals surface area contributed by atoms with E-state index in [1.54, 1.807) is 7.05 Å². The monoisotopic (exact) mass is 219 g/mol. The first-order valence-corrected chi connectivity index (χ1v) is 3.59. The van der Waals surface area contributed by atoms with Crippen LogP contribution in [0.5, 0.6) is 0 Å². The van der Waals surface area contributed by atoms with Crippen molar-refractivity contribution in [3.8, 4) is 0 Å². The van der Waals surface area contributed by atoms with Crippen LogP contribution in [0.25, 0.3) is 0 Å². The number of methoxy groups -OCH3 is 1. The molecule has 1 aromatic heterocycles. The minimum atomic E-state index is -0.454. The van der Waals surface area contributed by atoms with Crippen LogP contribution in [0.2, 0.25) is 0 Å². The molecule has 1 heterocycles. The van der Waals surface area contributed by atoms with Crippen molar-refractivity contribution in [2.24, 2.45) is 7.05 Å². The molecule has 0 atom stereocenters. The summed E-state index contributed by atoms with van der Waals surface area (Å²) in [6.07, 6.45) is 0. The van der Waals surface area contributed by atoms with E-state index in [9.17, 15) is 4.79 Å². The average molecular weight is 220 g/mol. The number of esters is 1. The van der Waals surface area contributed by atoms with E-state index in [2.05, 4.69) is 31.0 Å². The lowest BCUT2D eigenvalue weighted by atomic mass is 10.5. The van der Waals surface area contributed by atoms with E-state index >= 15 is 0 Å². The predicted molar refractivity (Wildman–Crippen MR) is 40.0 cm³/mol. The molecule has 0 aliphatic carbocycles. The summed E-state index contributed by atoms with van der Waals surface area (Å²) in [5.74, 6) is -0.454. The number of ether oxygens (including phenoxy) is 1. The molecule has 0 aromatic carbocycles. The Labute approximate surface area is 71.5 Å². The summed E-state index contributed by atoms with van der Waals surface area (Å²) >= 11 is 3.06.